The number of amides is 2. The van der Waals surface area contributed by atoms with Crippen LogP contribution in [-0.4, -0.2) is 53.7 Å². The van der Waals surface area contributed by atoms with E-state index in [9.17, 15) is 19.5 Å². The van der Waals surface area contributed by atoms with Crippen molar-refractivity contribution in [1.29, 1.82) is 0 Å². The van der Waals surface area contributed by atoms with E-state index < -0.39 is 17.5 Å². The highest BCUT2D eigenvalue weighted by Crippen LogP contribution is 2.44. The van der Waals surface area contributed by atoms with Gasteiger partial charge in [-0.2, -0.15) is 0 Å². The first kappa shape index (κ1) is 24.8. The average Bonchev–Trinajstić information content (AvgIpc) is 3.44. The van der Waals surface area contributed by atoms with Crippen molar-refractivity contribution in [3.63, 3.8) is 0 Å². The van der Waals surface area contributed by atoms with Gasteiger partial charge in [0.15, 0.2) is 0 Å². The van der Waals surface area contributed by atoms with Crippen LogP contribution in [0.3, 0.4) is 0 Å². The van der Waals surface area contributed by atoms with Crippen molar-refractivity contribution in [2.24, 2.45) is 5.41 Å². The van der Waals surface area contributed by atoms with Gasteiger partial charge in [0, 0.05) is 31.5 Å². The molecule has 2 aliphatic rings. The number of alkyl carbamates (subject to hydrolysis) is 1. The zero-order valence-corrected chi connectivity index (χ0v) is 20.5. The molecular formula is C28H34N2O5. The summed E-state index contributed by atoms with van der Waals surface area (Å²) in [6.07, 6.45) is 2.17. The standard InChI is InChI=1S/C28H34N2O5/c1-3-28(26(32)33)15-16-30(18-28)25(31)14-8-9-19(2)29-27(34)35-17-24-22-12-6-4-10-20(22)21-11-5-7-13-23(21)24/h4-7,10-13,19,24H,3,8-9,14-18H2,1-2H3,(H,29,34)(H,32,33). The first-order chi connectivity index (χ1) is 16.8. The smallest absolute Gasteiger partial charge is 0.407 e. The minimum Gasteiger partial charge on any atom is -0.481 e. The van der Waals surface area contributed by atoms with Crippen molar-refractivity contribution in [3.8, 4) is 11.1 Å². The molecule has 1 saturated heterocycles. The Morgan fingerprint density at radius 1 is 1.11 bits per heavy atom. The number of nitrogens with one attached hydrogen (secondary N) is 1. The summed E-state index contributed by atoms with van der Waals surface area (Å²) in [5, 5.41) is 12.4. The molecule has 0 bridgehead atoms. The van der Waals surface area contributed by atoms with E-state index in [1.807, 2.05) is 38.1 Å². The molecule has 0 spiro atoms. The van der Waals surface area contributed by atoms with Crippen LogP contribution < -0.4 is 5.32 Å². The lowest BCUT2D eigenvalue weighted by Crippen LogP contribution is -2.37. The molecule has 35 heavy (non-hydrogen) atoms. The third-order valence-corrected chi connectivity index (χ3v) is 7.57. The second-order valence-corrected chi connectivity index (χ2v) is 9.77. The first-order valence-corrected chi connectivity index (χ1v) is 12.5. The Kier molecular flexibility index (Phi) is 7.43. The third-order valence-electron chi connectivity index (χ3n) is 7.57. The van der Waals surface area contributed by atoms with Gasteiger partial charge in [-0.3, -0.25) is 9.59 Å². The van der Waals surface area contributed by atoms with Gasteiger partial charge in [0.25, 0.3) is 0 Å². The fourth-order valence-electron chi connectivity index (χ4n) is 5.33. The number of hydrogen-bond donors (Lipinski definition) is 2. The zero-order valence-electron chi connectivity index (χ0n) is 20.5. The molecule has 2 atom stereocenters. The predicted molar refractivity (Wildman–Crippen MR) is 133 cm³/mol. The lowest BCUT2D eigenvalue weighted by atomic mass is 9.84. The van der Waals surface area contributed by atoms with Gasteiger partial charge in [-0.05, 0) is 54.9 Å². The molecule has 7 heteroatoms. The van der Waals surface area contributed by atoms with E-state index in [1.165, 1.54) is 22.3 Å². The van der Waals surface area contributed by atoms with Crippen molar-refractivity contribution in [1.82, 2.24) is 10.2 Å². The van der Waals surface area contributed by atoms with Crippen molar-refractivity contribution < 1.29 is 24.2 Å². The minimum absolute atomic E-state index is 0.0163. The number of hydrogen-bond acceptors (Lipinski definition) is 4. The number of rotatable bonds is 9. The van der Waals surface area contributed by atoms with Crippen LogP contribution in [0.2, 0.25) is 0 Å². The van der Waals surface area contributed by atoms with Crippen LogP contribution in [0.15, 0.2) is 48.5 Å². The van der Waals surface area contributed by atoms with E-state index in [1.54, 1.807) is 4.90 Å². The molecule has 1 fully saturated rings. The number of ether oxygens (including phenoxy) is 1. The first-order valence-electron chi connectivity index (χ1n) is 12.5. The Hall–Kier alpha value is -3.35. The van der Waals surface area contributed by atoms with Gasteiger partial charge in [0.1, 0.15) is 6.61 Å². The quantitative estimate of drug-likeness (QED) is 0.540. The van der Waals surface area contributed by atoms with E-state index in [0.29, 0.717) is 38.6 Å². The Morgan fingerprint density at radius 3 is 2.31 bits per heavy atom. The normalized spacial score (nSPS) is 19.7. The molecule has 0 aromatic heterocycles. The van der Waals surface area contributed by atoms with Crippen LogP contribution in [0.5, 0.6) is 0 Å². The van der Waals surface area contributed by atoms with Crippen LogP contribution in [0.4, 0.5) is 4.79 Å². The summed E-state index contributed by atoms with van der Waals surface area (Å²) in [4.78, 5) is 38.3. The fraction of sp³-hybridized carbons (Fsp3) is 0.464. The van der Waals surface area contributed by atoms with Crippen molar-refractivity contribution in [3.05, 3.63) is 59.7 Å². The van der Waals surface area contributed by atoms with Gasteiger partial charge in [-0.15, -0.1) is 0 Å². The molecule has 2 N–H and O–H groups in total. The molecule has 186 valence electrons. The lowest BCUT2D eigenvalue weighted by Gasteiger charge is -2.23. The Morgan fingerprint density at radius 2 is 1.74 bits per heavy atom. The van der Waals surface area contributed by atoms with Crippen molar-refractivity contribution >= 4 is 18.0 Å². The second kappa shape index (κ2) is 10.5. The molecule has 2 amide bonds. The molecule has 1 aliphatic carbocycles. The molecule has 1 heterocycles. The molecule has 2 unspecified atom stereocenters. The van der Waals surface area contributed by atoms with Gasteiger partial charge >= 0.3 is 12.1 Å². The van der Waals surface area contributed by atoms with Gasteiger partial charge < -0.3 is 20.1 Å². The van der Waals surface area contributed by atoms with Gasteiger partial charge in [0.2, 0.25) is 5.91 Å². The van der Waals surface area contributed by atoms with E-state index in [-0.39, 0.29) is 31.0 Å². The maximum absolute atomic E-state index is 12.5. The third kappa shape index (κ3) is 5.19. The van der Waals surface area contributed by atoms with Crippen LogP contribution in [0.25, 0.3) is 11.1 Å². The molecular weight excluding hydrogens is 444 g/mol. The van der Waals surface area contributed by atoms with E-state index in [2.05, 4.69) is 29.6 Å². The van der Waals surface area contributed by atoms with E-state index in [0.717, 1.165) is 0 Å². The van der Waals surface area contributed by atoms with Crippen molar-refractivity contribution in [2.75, 3.05) is 19.7 Å². The Balaban J connectivity index is 1.21. The monoisotopic (exact) mass is 478 g/mol. The number of aliphatic carboxylic acids is 1. The molecule has 4 rings (SSSR count). The maximum Gasteiger partial charge on any atom is 0.407 e. The van der Waals surface area contributed by atoms with Crippen LogP contribution in [-0.2, 0) is 14.3 Å². The van der Waals surface area contributed by atoms with Gasteiger partial charge in [-0.25, -0.2) is 4.79 Å². The highest BCUT2D eigenvalue weighted by Gasteiger charge is 2.44. The number of benzene rings is 2. The number of carbonyl (C=O) groups is 3. The van der Waals surface area contributed by atoms with Gasteiger partial charge in [0.05, 0.1) is 5.41 Å². The Labute approximate surface area is 206 Å². The van der Waals surface area contributed by atoms with E-state index >= 15 is 0 Å². The van der Waals surface area contributed by atoms with Crippen LogP contribution in [0.1, 0.15) is 63.0 Å². The highest BCUT2D eigenvalue weighted by molar-refractivity contribution is 5.81. The summed E-state index contributed by atoms with van der Waals surface area (Å²) in [6, 6.07) is 16.3. The zero-order chi connectivity index (χ0) is 25.0. The molecule has 7 nitrogen and oxygen atoms in total. The Bertz CT molecular complexity index is 1050. The maximum atomic E-state index is 12.5. The largest absolute Gasteiger partial charge is 0.481 e. The van der Waals surface area contributed by atoms with E-state index in [4.69, 9.17) is 4.74 Å². The summed E-state index contributed by atoms with van der Waals surface area (Å²) in [5.41, 5.74) is 3.91. The number of likely N-dealkylation sites (tertiary alicyclic amines) is 1. The van der Waals surface area contributed by atoms with Crippen molar-refractivity contribution in [2.45, 2.75) is 57.9 Å². The minimum atomic E-state index is -0.823. The number of fused-ring (bicyclic) bond motifs is 3. The number of carbonyl (C=O) groups excluding carboxylic acids is 2. The summed E-state index contributed by atoms with van der Waals surface area (Å²) in [6.45, 7) is 4.80. The second-order valence-electron chi connectivity index (χ2n) is 9.77. The van der Waals surface area contributed by atoms with Crippen LogP contribution >= 0.6 is 0 Å². The number of carboxylic acid groups (broad SMARTS) is 1. The van der Waals surface area contributed by atoms with Crippen LogP contribution in [0, 0.1) is 5.41 Å². The molecule has 0 radical (unpaired) electrons. The number of nitrogens with zero attached hydrogens (tertiary/aromatic N) is 1. The molecule has 2 aromatic rings. The average molecular weight is 479 g/mol. The number of carboxylic acids is 1. The summed E-state index contributed by atoms with van der Waals surface area (Å²) in [7, 11) is 0. The fourth-order valence-corrected chi connectivity index (χ4v) is 5.33. The highest BCUT2D eigenvalue weighted by atomic mass is 16.5. The predicted octanol–water partition coefficient (Wildman–Crippen LogP) is 4.80. The topological polar surface area (TPSA) is 95.9 Å². The lowest BCUT2D eigenvalue weighted by molar-refractivity contribution is -0.148. The summed E-state index contributed by atoms with van der Waals surface area (Å²) in [5.74, 6) is -0.825. The van der Waals surface area contributed by atoms with Gasteiger partial charge in [-0.1, -0.05) is 55.5 Å². The SMILES string of the molecule is CCC1(C(=O)O)CCN(C(=O)CCCC(C)NC(=O)OCC2c3ccccc3-c3ccccc32)C1. The summed E-state index contributed by atoms with van der Waals surface area (Å²) >= 11 is 0. The summed E-state index contributed by atoms with van der Waals surface area (Å²) < 4.78 is 5.60. The molecule has 0 saturated carbocycles. The molecule has 2 aromatic carbocycles. The molecule has 1 aliphatic heterocycles.